The van der Waals surface area contributed by atoms with E-state index < -0.39 is 0 Å². The van der Waals surface area contributed by atoms with E-state index >= 15 is 0 Å². The van der Waals surface area contributed by atoms with Gasteiger partial charge in [-0.15, -0.1) is 11.3 Å². The van der Waals surface area contributed by atoms with Gasteiger partial charge in [0.1, 0.15) is 0 Å². The number of likely N-dealkylation sites (tertiary alicyclic amines) is 1. The molecule has 88 valence electrons. The minimum Gasteiger partial charge on any atom is -0.333 e. The van der Waals surface area contributed by atoms with Gasteiger partial charge in [0, 0.05) is 17.0 Å². The van der Waals surface area contributed by atoms with E-state index in [2.05, 4.69) is 18.7 Å². The van der Waals surface area contributed by atoms with E-state index in [0.29, 0.717) is 12.1 Å². The Morgan fingerprint density at radius 3 is 2.44 bits per heavy atom. The Bertz CT molecular complexity index is 375. The Kier molecular flexibility index (Phi) is 3.33. The lowest BCUT2D eigenvalue weighted by molar-refractivity contribution is 0.0516. The first-order valence-corrected chi connectivity index (χ1v) is 6.80. The minimum atomic E-state index is 0.220. The number of hydrogen-bond donors (Lipinski definition) is 0. The first-order chi connectivity index (χ1) is 7.59. The summed E-state index contributed by atoms with van der Waals surface area (Å²) in [5.74, 6) is 0.220. The summed E-state index contributed by atoms with van der Waals surface area (Å²) in [5, 5.41) is 0. The number of aryl methyl sites for hydroxylation is 1. The van der Waals surface area contributed by atoms with Gasteiger partial charge in [0.15, 0.2) is 0 Å². The van der Waals surface area contributed by atoms with Crippen molar-refractivity contribution in [2.75, 3.05) is 0 Å². The number of carbonyl (C=O) groups is 1. The number of amides is 1. The van der Waals surface area contributed by atoms with Gasteiger partial charge in [-0.25, -0.2) is 0 Å². The fourth-order valence-electron chi connectivity index (χ4n) is 2.50. The maximum absolute atomic E-state index is 12.4. The van der Waals surface area contributed by atoms with Crippen LogP contribution in [0.2, 0.25) is 0 Å². The van der Waals surface area contributed by atoms with Crippen LogP contribution in [0.15, 0.2) is 12.1 Å². The quantitative estimate of drug-likeness (QED) is 0.732. The molecule has 1 aromatic heterocycles. The molecule has 0 spiro atoms. The number of carbonyl (C=O) groups excluding carboxylic acids is 1. The van der Waals surface area contributed by atoms with E-state index in [1.165, 1.54) is 11.3 Å². The number of thiophene rings is 1. The number of rotatable bonds is 1. The van der Waals surface area contributed by atoms with Crippen molar-refractivity contribution in [2.24, 2.45) is 0 Å². The third-order valence-electron chi connectivity index (χ3n) is 3.38. The highest BCUT2D eigenvalue weighted by Crippen LogP contribution is 2.26. The minimum absolute atomic E-state index is 0.220. The first kappa shape index (κ1) is 11.6. The highest BCUT2D eigenvalue weighted by atomic mass is 32.1. The van der Waals surface area contributed by atoms with Gasteiger partial charge in [0.25, 0.3) is 5.91 Å². The Morgan fingerprint density at radius 1 is 1.31 bits per heavy atom. The summed E-state index contributed by atoms with van der Waals surface area (Å²) in [5.41, 5.74) is 0. The van der Waals surface area contributed by atoms with Crippen molar-refractivity contribution in [3.63, 3.8) is 0 Å². The highest BCUT2D eigenvalue weighted by Gasteiger charge is 2.30. The van der Waals surface area contributed by atoms with Crippen LogP contribution >= 0.6 is 11.3 Å². The van der Waals surface area contributed by atoms with Crippen LogP contribution in [0.1, 0.15) is 47.7 Å². The van der Waals surface area contributed by atoms with Crippen LogP contribution in [0.5, 0.6) is 0 Å². The summed E-state index contributed by atoms with van der Waals surface area (Å²) >= 11 is 1.60. The predicted octanol–water partition coefficient (Wildman–Crippen LogP) is 3.46. The fourth-order valence-corrected chi connectivity index (χ4v) is 3.31. The normalized spacial score (nSPS) is 25.8. The van der Waals surface area contributed by atoms with E-state index in [0.717, 1.165) is 17.7 Å². The molecule has 0 aromatic carbocycles. The van der Waals surface area contributed by atoms with Crippen LogP contribution in [-0.4, -0.2) is 22.9 Å². The average Bonchev–Trinajstić information content (AvgIpc) is 2.64. The van der Waals surface area contributed by atoms with Crippen LogP contribution < -0.4 is 0 Å². The lowest BCUT2D eigenvalue weighted by Crippen LogP contribution is -2.47. The van der Waals surface area contributed by atoms with Gasteiger partial charge in [-0.05, 0) is 52.2 Å². The van der Waals surface area contributed by atoms with E-state index in [-0.39, 0.29) is 5.91 Å². The number of nitrogens with zero attached hydrogens (tertiary/aromatic N) is 1. The van der Waals surface area contributed by atoms with Crippen LogP contribution in [0.3, 0.4) is 0 Å². The average molecular weight is 237 g/mol. The molecule has 0 radical (unpaired) electrons. The van der Waals surface area contributed by atoms with Crippen LogP contribution in [0.4, 0.5) is 0 Å². The van der Waals surface area contributed by atoms with Gasteiger partial charge in [-0.3, -0.25) is 4.79 Å². The lowest BCUT2D eigenvalue weighted by Gasteiger charge is -2.38. The molecule has 1 aromatic rings. The molecule has 2 heterocycles. The number of hydrogen-bond acceptors (Lipinski definition) is 2. The standard InChI is InChI=1S/C13H19NOS/c1-9-5-4-6-10(2)14(9)13(15)12-8-7-11(3)16-12/h7-10H,4-6H2,1-3H3. The molecule has 0 saturated carbocycles. The Balaban J connectivity index is 2.19. The zero-order valence-corrected chi connectivity index (χ0v) is 11.0. The zero-order chi connectivity index (χ0) is 11.7. The van der Waals surface area contributed by atoms with E-state index in [1.54, 1.807) is 11.3 Å². The van der Waals surface area contributed by atoms with Gasteiger partial charge in [-0.1, -0.05) is 0 Å². The van der Waals surface area contributed by atoms with Gasteiger partial charge >= 0.3 is 0 Å². The van der Waals surface area contributed by atoms with Crippen molar-refractivity contribution in [3.8, 4) is 0 Å². The molecule has 2 nitrogen and oxygen atoms in total. The number of piperidine rings is 1. The maximum Gasteiger partial charge on any atom is 0.264 e. The SMILES string of the molecule is Cc1ccc(C(=O)N2C(C)CCCC2C)s1. The monoisotopic (exact) mass is 237 g/mol. The molecule has 1 fully saturated rings. The third-order valence-corrected chi connectivity index (χ3v) is 4.37. The molecule has 16 heavy (non-hydrogen) atoms. The van der Waals surface area contributed by atoms with Crippen LogP contribution in [0, 0.1) is 6.92 Å². The van der Waals surface area contributed by atoms with Crippen molar-refractivity contribution < 1.29 is 4.79 Å². The molecule has 2 rings (SSSR count). The van der Waals surface area contributed by atoms with Crippen LogP contribution in [-0.2, 0) is 0 Å². The van der Waals surface area contributed by atoms with Gasteiger partial charge < -0.3 is 4.90 Å². The first-order valence-electron chi connectivity index (χ1n) is 5.98. The highest BCUT2D eigenvalue weighted by molar-refractivity contribution is 7.13. The zero-order valence-electron chi connectivity index (χ0n) is 10.2. The molecule has 1 saturated heterocycles. The third kappa shape index (κ3) is 2.14. The lowest BCUT2D eigenvalue weighted by atomic mass is 9.97. The molecular formula is C13H19NOS. The molecule has 0 bridgehead atoms. The summed E-state index contributed by atoms with van der Waals surface area (Å²) in [6.07, 6.45) is 3.52. The van der Waals surface area contributed by atoms with Crippen LogP contribution in [0.25, 0.3) is 0 Å². The van der Waals surface area contributed by atoms with Crippen molar-refractivity contribution in [3.05, 3.63) is 21.9 Å². The Labute approximate surface area is 101 Å². The second kappa shape index (κ2) is 4.58. The Morgan fingerprint density at radius 2 is 1.94 bits per heavy atom. The largest absolute Gasteiger partial charge is 0.333 e. The molecule has 0 N–H and O–H groups in total. The molecule has 2 unspecified atom stereocenters. The van der Waals surface area contributed by atoms with Gasteiger partial charge in [0.2, 0.25) is 0 Å². The predicted molar refractivity (Wildman–Crippen MR) is 68.0 cm³/mol. The molecule has 3 heteroatoms. The molecule has 2 atom stereocenters. The van der Waals surface area contributed by atoms with Crippen molar-refractivity contribution in [1.29, 1.82) is 0 Å². The van der Waals surface area contributed by atoms with Crippen molar-refractivity contribution in [1.82, 2.24) is 4.90 Å². The molecule has 1 amide bonds. The summed E-state index contributed by atoms with van der Waals surface area (Å²) in [6, 6.07) is 4.76. The molecular weight excluding hydrogens is 218 g/mol. The van der Waals surface area contributed by atoms with Gasteiger partial charge in [0.05, 0.1) is 4.88 Å². The van der Waals surface area contributed by atoms with Crippen molar-refractivity contribution in [2.45, 2.75) is 52.1 Å². The summed E-state index contributed by atoms with van der Waals surface area (Å²) < 4.78 is 0. The smallest absolute Gasteiger partial charge is 0.264 e. The maximum atomic E-state index is 12.4. The summed E-state index contributed by atoms with van der Waals surface area (Å²) in [6.45, 7) is 6.37. The molecule has 1 aliphatic rings. The topological polar surface area (TPSA) is 20.3 Å². The van der Waals surface area contributed by atoms with E-state index in [1.807, 2.05) is 19.1 Å². The summed E-state index contributed by atoms with van der Waals surface area (Å²) in [7, 11) is 0. The molecule has 0 aliphatic carbocycles. The van der Waals surface area contributed by atoms with Gasteiger partial charge in [-0.2, -0.15) is 0 Å². The molecule has 1 aliphatic heterocycles. The fraction of sp³-hybridized carbons (Fsp3) is 0.615. The van der Waals surface area contributed by atoms with Crippen molar-refractivity contribution >= 4 is 17.2 Å². The Hall–Kier alpha value is -0.830. The van der Waals surface area contributed by atoms with E-state index in [4.69, 9.17) is 0 Å². The summed E-state index contributed by atoms with van der Waals surface area (Å²) in [4.78, 5) is 16.5. The second-order valence-corrected chi connectivity index (χ2v) is 6.04. The second-order valence-electron chi connectivity index (χ2n) is 4.75. The van der Waals surface area contributed by atoms with E-state index in [9.17, 15) is 4.79 Å².